The summed E-state index contributed by atoms with van der Waals surface area (Å²) in [6.45, 7) is 21.8. The fourth-order valence-corrected chi connectivity index (χ4v) is 4.26. The molecule has 0 aliphatic carbocycles. The molecule has 0 bridgehead atoms. The normalized spacial score (nSPS) is 18.9. The smallest absolute Gasteiger partial charge is 0.415 e. The number of piperidine rings is 1. The van der Waals surface area contributed by atoms with Crippen molar-refractivity contribution in [1.29, 1.82) is 0 Å². The lowest BCUT2D eigenvalue weighted by atomic mass is 9.91. The number of anilines is 1. The van der Waals surface area contributed by atoms with Gasteiger partial charge in [-0.25, -0.2) is 4.79 Å². The van der Waals surface area contributed by atoms with E-state index in [0.717, 1.165) is 55.9 Å². The quantitative estimate of drug-likeness (QED) is 0.316. The largest absolute Gasteiger partial charge is 0.488 e. The molecule has 5 nitrogen and oxygen atoms in total. The van der Waals surface area contributed by atoms with Gasteiger partial charge in [0.25, 0.3) is 0 Å². The van der Waals surface area contributed by atoms with Crippen molar-refractivity contribution >= 4 is 11.8 Å². The van der Waals surface area contributed by atoms with Crippen LogP contribution in [0.25, 0.3) is 0 Å². The van der Waals surface area contributed by atoms with Crippen LogP contribution in [0.1, 0.15) is 67.7 Å². The van der Waals surface area contributed by atoms with E-state index in [4.69, 9.17) is 9.47 Å². The molecule has 2 aliphatic rings. The Morgan fingerprint density at radius 1 is 1.18 bits per heavy atom. The molecule has 2 aliphatic heterocycles. The summed E-state index contributed by atoms with van der Waals surface area (Å²) in [5, 5.41) is 0. The van der Waals surface area contributed by atoms with Crippen molar-refractivity contribution in [3.63, 3.8) is 0 Å². The van der Waals surface area contributed by atoms with Crippen LogP contribution < -0.4 is 4.90 Å². The molecule has 2 heterocycles. The third kappa shape index (κ3) is 7.49. The lowest BCUT2D eigenvalue weighted by Gasteiger charge is -2.37. The fraction of sp³-hybridized carbons (Fsp3) is 0.552. The molecular weight excluding hydrogens is 424 g/mol. The fourth-order valence-electron chi connectivity index (χ4n) is 4.26. The van der Waals surface area contributed by atoms with Gasteiger partial charge in [-0.2, -0.15) is 0 Å². The molecular formula is C29H44N2O3. The van der Waals surface area contributed by atoms with Gasteiger partial charge >= 0.3 is 6.09 Å². The number of allylic oxidation sites excluding steroid dienone is 3. The molecule has 1 amide bonds. The first-order valence-corrected chi connectivity index (χ1v) is 12.6. The summed E-state index contributed by atoms with van der Waals surface area (Å²) in [7, 11) is 0. The number of amides is 1. The highest BCUT2D eigenvalue weighted by atomic mass is 16.6. The van der Waals surface area contributed by atoms with Crippen LogP contribution in [0.5, 0.6) is 0 Å². The first-order chi connectivity index (χ1) is 16.1. The van der Waals surface area contributed by atoms with Gasteiger partial charge in [0.1, 0.15) is 17.0 Å². The number of hydrogen-bond donors (Lipinski definition) is 0. The Morgan fingerprint density at radius 2 is 1.79 bits per heavy atom. The Bertz CT molecular complexity index is 872. The van der Waals surface area contributed by atoms with Crippen molar-refractivity contribution in [3.8, 4) is 0 Å². The van der Waals surface area contributed by atoms with Gasteiger partial charge in [-0.1, -0.05) is 57.7 Å². The highest BCUT2D eigenvalue weighted by Gasteiger charge is 2.47. The maximum absolute atomic E-state index is 12.5. The van der Waals surface area contributed by atoms with Crippen LogP contribution in [0.3, 0.4) is 0 Å². The van der Waals surface area contributed by atoms with E-state index in [0.29, 0.717) is 6.54 Å². The lowest BCUT2D eigenvalue weighted by molar-refractivity contribution is 0.00358. The summed E-state index contributed by atoms with van der Waals surface area (Å²) in [5.41, 5.74) is 2.41. The van der Waals surface area contributed by atoms with Crippen LogP contribution in [-0.4, -0.2) is 48.4 Å². The highest BCUT2D eigenvalue weighted by molar-refractivity contribution is 5.90. The molecule has 1 aromatic rings. The number of para-hydroxylation sites is 1. The maximum atomic E-state index is 12.5. The van der Waals surface area contributed by atoms with Gasteiger partial charge in [-0.3, -0.25) is 9.80 Å². The van der Waals surface area contributed by atoms with Gasteiger partial charge in [-0.15, -0.1) is 0 Å². The van der Waals surface area contributed by atoms with Crippen molar-refractivity contribution in [1.82, 2.24) is 4.90 Å². The monoisotopic (exact) mass is 468 g/mol. The zero-order valence-corrected chi connectivity index (χ0v) is 22.3. The molecule has 0 N–H and O–H groups in total. The minimum atomic E-state index is -0.366. The summed E-state index contributed by atoms with van der Waals surface area (Å²) < 4.78 is 12.1. The second-order valence-corrected chi connectivity index (χ2v) is 9.88. The summed E-state index contributed by atoms with van der Waals surface area (Å²) in [5.74, 6) is 0.896. The Balaban J connectivity index is 0.00000199. The molecule has 34 heavy (non-hydrogen) atoms. The van der Waals surface area contributed by atoms with Gasteiger partial charge in [0, 0.05) is 38.2 Å². The average molecular weight is 469 g/mol. The molecule has 0 unspecified atom stereocenters. The van der Waals surface area contributed by atoms with Crippen molar-refractivity contribution < 1.29 is 14.3 Å². The second-order valence-electron chi connectivity index (χ2n) is 9.88. The predicted molar refractivity (Wildman–Crippen MR) is 142 cm³/mol. The Hall–Kier alpha value is -2.53. The number of likely N-dealkylation sites (tertiary alicyclic amines) is 1. The topological polar surface area (TPSA) is 42.0 Å². The molecule has 0 radical (unpaired) electrons. The molecule has 2 saturated heterocycles. The molecule has 2 fully saturated rings. The number of carbonyl (C=O) groups is 1. The standard InChI is InChI=1S/C27H38N2O3.C2H6/c1-7-22(24(21(2)3)31-26(4,5)6)12-11-17-28-18-15-27(16-19-28)20-29(25(30)32-27)23-13-9-8-10-14-23;1-2/h8-14H,2,7,15-20H2,1,3-6H3;1-2H3/b12-11+,24-22+;. The number of hydrogen-bond acceptors (Lipinski definition) is 4. The van der Waals surface area contributed by atoms with E-state index in [1.54, 1.807) is 4.90 Å². The third-order valence-corrected chi connectivity index (χ3v) is 5.96. The predicted octanol–water partition coefficient (Wildman–Crippen LogP) is 7.12. The third-order valence-electron chi connectivity index (χ3n) is 5.96. The Morgan fingerprint density at radius 3 is 2.32 bits per heavy atom. The Kier molecular flexibility index (Phi) is 9.99. The first-order valence-electron chi connectivity index (χ1n) is 12.6. The van der Waals surface area contributed by atoms with Crippen molar-refractivity contribution in [2.24, 2.45) is 0 Å². The average Bonchev–Trinajstić information content (AvgIpc) is 3.13. The van der Waals surface area contributed by atoms with E-state index in [9.17, 15) is 4.79 Å². The lowest BCUT2D eigenvalue weighted by Crippen LogP contribution is -2.46. The number of rotatable bonds is 7. The van der Waals surface area contributed by atoms with Gasteiger partial charge in [0.05, 0.1) is 6.54 Å². The van der Waals surface area contributed by atoms with Crippen LogP contribution in [0.15, 0.2) is 66.0 Å². The number of carbonyl (C=O) groups excluding carboxylic acids is 1. The van der Waals surface area contributed by atoms with Crippen LogP contribution in [0.4, 0.5) is 10.5 Å². The van der Waals surface area contributed by atoms with Crippen LogP contribution in [0, 0.1) is 0 Å². The number of nitrogens with zero attached hydrogens (tertiary/aromatic N) is 2. The van der Waals surface area contributed by atoms with Crippen molar-refractivity contribution in [2.75, 3.05) is 31.1 Å². The van der Waals surface area contributed by atoms with Gasteiger partial charge in [0.2, 0.25) is 0 Å². The maximum Gasteiger partial charge on any atom is 0.415 e. The molecule has 0 saturated carbocycles. The molecule has 1 aromatic carbocycles. The molecule has 188 valence electrons. The van der Waals surface area contributed by atoms with Crippen molar-refractivity contribution in [3.05, 3.63) is 66.0 Å². The SMILES string of the molecule is C=C(C)/C(OC(C)(C)C)=C(\C=C\CN1CCC2(CC1)CN(c1ccccc1)C(=O)O2)CC.CC. The van der Waals surface area contributed by atoms with E-state index in [1.807, 2.05) is 51.1 Å². The molecule has 0 atom stereocenters. The molecule has 1 spiro atoms. The van der Waals surface area contributed by atoms with Crippen LogP contribution in [-0.2, 0) is 9.47 Å². The summed E-state index contributed by atoms with van der Waals surface area (Å²) in [6, 6.07) is 9.78. The van der Waals surface area contributed by atoms with Crippen LogP contribution in [0.2, 0.25) is 0 Å². The highest BCUT2D eigenvalue weighted by Crippen LogP contribution is 2.35. The summed E-state index contributed by atoms with van der Waals surface area (Å²) >= 11 is 0. The minimum absolute atomic E-state index is 0.228. The summed E-state index contributed by atoms with van der Waals surface area (Å²) in [6.07, 6.45) is 6.76. The van der Waals surface area contributed by atoms with E-state index < -0.39 is 0 Å². The van der Waals surface area contributed by atoms with Crippen LogP contribution >= 0.6 is 0 Å². The minimum Gasteiger partial charge on any atom is -0.488 e. The van der Waals surface area contributed by atoms with E-state index in [1.165, 1.54) is 5.57 Å². The Labute approximate surface area is 207 Å². The second kappa shape index (κ2) is 12.3. The zero-order chi connectivity index (χ0) is 25.4. The molecule has 0 aromatic heterocycles. The van der Waals surface area contributed by atoms with Gasteiger partial charge < -0.3 is 9.47 Å². The van der Waals surface area contributed by atoms with E-state index >= 15 is 0 Å². The molecule has 5 heteroatoms. The van der Waals surface area contributed by atoms with E-state index in [2.05, 4.69) is 51.3 Å². The van der Waals surface area contributed by atoms with Gasteiger partial charge in [0.15, 0.2) is 0 Å². The van der Waals surface area contributed by atoms with Gasteiger partial charge in [-0.05, 0) is 57.4 Å². The van der Waals surface area contributed by atoms with Crippen molar-refractivity contribution in [2.45, 2.75) is 78.9 Å². The first kappa shape index (κ1) is 27.7. The summed E-state index contributed by atoms with van der Waals surface area (Å²) in [4.78, 5) is 16.7. The van der Waals surface area contributed by atoms with E-state index in [-0.39, 0.29) is 17.3 Å². The number of benzene rings is 1. The zero-order valence-electron chi connectivity index (χ0n) is 22.3. The molecule has 3 rings (SSSR count). The number of ether oxygens (including phenoxy) is 2.